The van der Waals surface area contributed by atoms with E-state index in [4.69, 9.17) is 22.1 Å². The summed E-state index contributed by atoms with van der Waals surface area (Å²) in [4.78, 5) is 24.1. The number of ketones is 1. The Morgan fingerprint density at radius 3 is 2.45 bits per heavy atom. The van der Waals surface area contributed by atoms with Crippen LogP contribution in [0.3, 0.4) is 0 Å². The van der Waals surface area contributed by atoms with Gasteiger partial charge in [0.2, 0.25) is 5.91 Å². The van der Waals surface area contributed by atoms with Gasteiger partial charge in [-0.3, -0.25) is 9.59 Å². The third-order valence-corrected chi connectivity index (χ3v) is 3.29. The molecule has 1 amide bonds. The fraction of sp³-hybridized carbons (Fsp3) is 0.125. The second kappa shape index (κ2) is 7.06. The fourth-order valence-corrected chi connectivity index (χ4v) is 2.03. The predicted octanol–water partition coefficient (Wildman–Crippen LogP) is 2.48. The van der Waals surface area contributed by atoms with Gasteiger partial charge < -0.3 is 15.8 Å². The highest BCUT2D eigenvalue weighted by molar-refractivity contribution is 6.30. The number of halogens is 1. The molecular formula is C16H15ClN2O3. The van der Waals surface area contributed by atoms with Gasteiger partial charge in [0.25, 0.3) is 0 Å². The Labute approximate surface area is 133 Å². The second-order valence-corrected chi connectivity index (χ2v) is 4.94. The zero-order valence-corrected chi connectivity index (χ0v) is 12.7. The lowest BCUT2D eigenvalue weighted by atomic mass is 10.0. The molecule has 22 heavy (non-hydrogen) atoms. The normalized spacial score (nSPS) is 10.1. The number of hydrogen-bond acceptors (Lipinski definition) is 4. The first-order valence-electron chi connectivity index (χ1n) is 6.53. The summed E-state index contributed by atoms with van der Waals surface area (Å²) in [7, 11) is 1.50. The standard InChI is InChI=1S/C16H15ClN2O3/c1-22-12-6-7-14(19-15(20)9-18)13(8-12)16(21)10-2-4-11(17)5-3-10/h2-8H,9,18H2,1H3,(H,19,20). The quantitative estimate of drug-likeness (QED) is 0.830. The summed E-state index contributed by atoms with van der Waals surface area (Å²) in [5.41, 5.74) is 6.46. The number of ether oxygens (including phenoxy) is 1. The first kappa shape index (κ1) is 16.0. The largest absolute Gasteiger partial charge is 0.497 e. The average molecular weight is 319 g/mol. The Morgan fingerprint density at radius 2 is 1.86 bits per heavy atom. The van der Waals surface area contributed by atoms with Crippen LogP contribution in [0.1, 0.15) is 15.9 Å². The second-order valence-electron chi connectivity index (χ2n) is 4.50. The van der Waals surface area contributed by atoms with Crippen LogP contribution in [-0.2, 0) is 4.79 Å². The molecule has 0 saturated heterocycles. The van der Waals surface area contributed by atoms with Crippen molar-refractivity contribution in [1.82, 2.24) is 0 Å². The Morgan fingerprint density at radius 1 is 1.18 bits per heavy atom. The maximum Gasteiger partial charge on any atom is 0.238 e. The van der Waals surface area contributed by atoms with E-state index in [1.807, 2.05) is 0 Å². The fourth-order valence-electron chi connectivity index (χ4n) is 1.91. The number of carbonyl (C=O) groups is 2. The minimum Gasteiger partial charge on any atom is -0.497 e. The highest BCUT2D eigenvalue weighted by Crippen LogP contribution is 2.25. The molecule has 0 radical (unpaired) electrons. The number of benzene rings is 2. The van der Waals surface area contributed by atoms with E-state index in [0.717, 1.165) is 0 Å². The first-order valence-corrected chi connectivity index (χ1v) is 6.91. The molecule has 3 N–H and O–H groups in total. The van der Waals surface area contributed by atoms with Crippen LogP contribution >= 0.6 is 11.6 Å². The summed E-state index contributed by atoms with van der Waals surface area (Å²) in [5.74, 6) is -0.110. The predicted molar refractivity (Wildman–Crippen MR) is 85.6 cm³/mol. The molecule has 0 aromatic heterocycles. The van der Waals surface area contributed by atoms with Crippen molar-refractivity contribution in [2.45, 2.75) is 0 Å². The number of methoxy groups -OCH3 is 1. The average Bonchev–Trinajstić information content (AvgIpc) is 2.55. The summed E-state index contributed by atoms with van der Waals surface area (Å²) in [6, 6.07) is 11.3. The molecule has 0 spiro atoms. The highest BCUT2D eigenvalue weighted by Gasteiger charge is 2.16. The smallest absolute Gasteiger partial charge is 0.238 e. The van der Waals surface area contributed by atoms with E-state index < -0.39 is 0 Å². The third kappa shape index (κ3) is 3.63. The molecule has 0 heterocycles. The lowest BCUT2D eigenvalue weighted by molar-refractivity contribution is -0.114. The first-order chi connectivity index (χ1) is 10.5. The molecule has 0 bridgehead atoms. The van der Waals surface area contributed by atoms with E-state index in [2.05, 4.69) is 5.32 Å². The van der Waals surface area contributed by atoms with Crippen LogP contribution < -0.4 is 15.8 Å². The number of nitrogens with one attached hydrogen (secondary N) is 1. The van der Waals surface area contributed by atoms with E-state index >= 15 is 0 Å². The third-order valence-electron chi connectivity index (χ3n) is 3.04. The minimum absolute atomic E-state index is 0.166. The molecule has 2 aromatic rings. The molecular weight excluding hydrogens is 304 g/mol. The minimum atomic E-state index is -0.379. The Kier molecular flexibility index (Phi) is 5.14. The van der Waals surface area contributed by atoms with Gasteiger partial charge in [-0.15, -0.1) is 0 Å². The molecule has 0 aliphatic carbocycles. The number of anilines is 1. The van der Waals surface area contributed by atoms with Gasteiger partial charge >= 0.3 is 0 Å². The number of nitrogens with two attached hydrogens (primary N) is 1. The van der Waals surface area contributed by atoms with Crippen molar-refractivity contribution in [3.8, 4) is 5.75 Å². The van der Waals surface area contributed by atoms with Crippen molar-refractivity contribution in [3.63, 3.8) is 0 Å². The van der Waals surface area contributed by atoms with Gasteiger partial charge in [-0.05, 0) is 42.5 Å². The van der Waals surface area contributed by atoms with Gasteiger partial charge in [0.1, 0.15) is 5.75 Å². The zero-order valence-electron chi connectivity index (χ0n) is 11.9. The molecule has 5 nitrogen and oxygen atoms in total. The Balaban J connectivity index is 2.43. The molecule has 0 saturated carbocycles. The number of rotatable bonds is 5. The summed E-state index contributed by atoms with van der Waals surface area (Å²) in [6.07, 6.45) is 0. The van der Waals surface area contributed by atoms with Gasteiger partial charge in [-0.25, -0.2) is 0 Å². The van der Waals surface area contributed by atoms with Gasteiger partial charge in [-0.1, -0.05) is 11.6 Å². The topological polar surface area (TPSA) is 81.4 Å². The number of hydrogen-bond donors (Lipinski definition) is 2. The molecule has 114 valence electrons. The molecule has 6 heteroatoms. The van der Waals surface area contributed by atoms with E-state index in [0.29, 0.717) is 27.6 Å². The molecule has 0 aliphatic heterocycles. The van der Waals surface area contributed by atoms with Gasteiger partial charge in [0, 0.05) is 16.1 Å². The number of carbonyl (C=O) groups excluding carboxylic acids is 2. The Bertz CT molecular complexity index is 699. The molecule has 2 aromatic carbocycles. The van der Waals surface area contributed by atoms with E-state index in [1.165, 1.54) is 7.11 Å². The molecule has 2 rings (SSSR count). The van der Waals surface area contributed by atoms with Crippen LogP contribution in [0.4, 0.5) is 5.69 Å². The monoisotopic (exact) mass is 318 g/mol. The van der Waals surface area contributed by atoms with Crippen molar-refractivity contribution in [2.75, 3.05) is 19.0 Å². The maximum absolute atomic E-state index is 12.6. The summed E-state index contributed by atoms with van der Waals surface area (Å²) < 4.78 is 5.14. The van der Waals surface area contributed by atoms with Crippen LogP contribution in [-0.4, -0.2) is 25.3 Å². The Hall–Kier alpha value is -2.37. The highest BCUT2D eigenvalue weighted by atomic mass is 35.5. The van der Waals surface area contributed by atoms with Gasteiger partial charge in [0.05, 0.1) is 19.3 Å². The van der Waals surface area contributed by atoms with E-state index in [1.54, 1.807) is 42.5 Å². The molecule has 0 aliphatic rings. The lowest BCUT2D eigenvalue weighted by Gasteiger charge is -2.12. The van der Waals surface area contributed by atoms with Crippen molar-refractivity contribution in [3.05, 3.63) is 58.6 Å². The molecule has 0 atom stereocenters. The van der Waals surface area contributed by atoms with Crippen molar-refractivity contribution < 1.29 is 14.3 Å². The molecule has 0 fully saturated rings. The summed E-state index contributed by atoms with van der Waals surface area (Å²) in [5, 5.41) is 3.15. The number of amides is 1. The van der Waals surface area contributed by atoms with Crippen LogP contribution in [0, 0.1) is 0 Å². The van der Waals surface area contributed by atoms with Crippen molar-refractivity contribution in [2.24, 2.45) is 5.73 Å². The summed E-state index contributed by atoms with van der Waals surface area (Å²) in [6.45, 7) is -0.166. The van der Waals surface area contributed by atoms with Crippen LogP contribution in [0.15, 0.2) is 42.5 Å². The van der Waals surface area contributed by atoms with Crippen LogP contribution in [0.5, 0.6) is 5.75 Å². The SMILES string of the molecule is COc1ccc(NC(=O)CN)c(C(=O)c2ccc(Cl)cc2)c1. The molecule has 0 unspecified atom stereocenters. The van der Waals surface area contributed by atoms with Crippen LogP contribution in [0.25, 0.3) is 0 Å². The van der Waals surface area contributed by atoms with Crippen LogP contribution in [0.2, 0.25) is 5.02 Å². The van der Waals surface area contributed by atoms with Crippen molar-refractivity contribution in [1.29, 1.82) is 0 Å². The van der Waals surface area contributed by atoms with E-state index in [-0.39, 0.29) is 18.2 Å². The lowest BCUT2D eigenvalue weighted by Crippen LogP contribution is -2.23. The maximum atomic E-state index is 12.6. The van der Waals surface area contributed by atoms with Gasteiger partial charge in [0.15, 0.2) is 5.78 Å². The zero-order chi connectivity index (χ0) is 16.1. The summed E-state index contributed by atoms with van der Waals surface area (Å²) >= 11 is 5.83. The van der Waals surface area contributed by atoms with Gasteiger partial charge in [-0.2, -0.15) is 0 Å². The van der Waals surface area contributed by atoms with E-state index in [9.17, 15) is 9.59 Å². The van der Waals surface area contributed by atoms with Crippen molar-refractivity contribution >= 4 is 29.0 Å².